The largest absolute Gasteiger partial charge is 0.450 e. The Kier molecular flexibility index (Phi) is 4.55. The molecule has 1 aliphatic heterocycles. The minimum absolute atomic E-state index is 0.00774. The van der Waals surface area contributed by atoms with Gasteiger partial charge in [0.05, 0.1) is 17.0 Å². The number of benzene rings is 3. The van der Waals surface area contributed by atoms with Crippen molar-refractivity contribution in [3.63, 3.8) is 0 Å². The first kappa shape index (κ1) is 20.3. The number of nitrogens with zero attached hydrogens (tertiary/aromatic N) is 1. The van der Waals surface area contributed by atoms with Crippen LogP contribution in [0.3, 0.4) is 0 Å². The van der Waals surface area contributed by atoms with Crippen molar-refractivity contribution in [2.45, 2.75) is 39.2 Å². The Bertz CT molecular complexity index is 1390. The second-order valence-electron chi connectivity index (χ2n) is 9.46. The van der Waals surface area contributed by atoms with Crippen LogP contribution in [-0.2, 0) is 5.41 Å². The molecule has 4 nitrogen and oxygen atoms in total. The highest BCUT2D eigenvalue weighted by Gasteiger charge is 2.43. The van der Waals surface area contributed by atoms with Crippen LogP contribution in [-0.4, -0.2) is 5.91 Å². The van der Waals surface area contributed by atoms with Crippen molar-refractivity contribution in [1.29, 1.82) is 0 Å². The Balaban J connectivity index is 1.77. The molecule has 0 bridgehead atoms. The summed E-state index contributed by atoms with van der Waals surface area (Å²) in [6, 6.07) is 22.6. The Hall–Kier alpha value is -3.66. The van der Waals surface area contributed by atoms with Gasteiger partial charge in [-0.2, -0.15) is 0 Å². The summed E-state index contributed by atoms with van der Waals surface area (Å²) in [4.78, 5) is 28.9. The average Bonchev–Trinajstić information content (AvgIpc) is 3.07. The van der Waals surface area contributed by atoms with Gasteiger partial charge in [-0.1, -0.05) is 74.9 Å². The highest BCUT2D eigenvalue weighted by atomic mass is 16.3. The molecule has 32 heavy (non-hydrogen) atoms. The molecule has 5 rings (SSSR count). The Labute approximate surface area is 187 Å². The number of hydrogen-bond donors (Lipinski definition) is 0. The summed E-state index contributed by atoms with van der Waals surface area (Å²) in [7, 11) is 0. The van der Waals surface area contributed by atoms with Crippen LogP contribution in [0.1, 0.15) is 59.6 Å². The number of fused-ring (bicyclic) bond motifs is 2. The van der Waals surface area contributed by atoms with Gasteiger partial charge in [-0.25, -0.2) is 0 Å². The smallest absolute Gasteiger partial charge is 0.295 e. The first-order valence-electron chi connectivity index (χ1n) is 10.8. The van der Waals surface area contributed by atoms with E-state index in [0.717, 1.165) is 16.8 Å². The Morgan fingerprint density at radius 1 is 0.875 bits per heavy atom. The number of para-hydroxylation sites is 1. The van der Waals surface area contributed by atoms with Crippen molar-refractivity contribution < 1.29 is 9.21 Å². The van der Waals surface area contributed by atoms with E-state index in [1.165, 1.54) is 5.56 Å². The van der Waals surface area contributed by atoms with Crippen LogP contribution >= 0.6 is 0 Å². The molecular weight excluding hydrogens is 398 g/mol. The first-order valence-corrected chi connectivity index (χ1v) is 10.8. The van der Waals surface area contributed by atoms with Crippen LogP contribution in [0.4, 0.5) is 5.69 Å². The second kappa shape index (κ2) is 7.20. The van der Waals surface area contributed by atoms with Crippen LogP contribution in [0, 0.1) is 6.92 Å². The lowest BCUT2D eigenvalue weighted by Gasteiger charge is -2.26. The molecule has 4 heteroatoms. The quantitative estimate of drug-likeness (QED) is 0.389. The van der Waals surface area contributed by atoms with Crippen molar-refractivity contribution >= 4 is 22.6 Å². The van der Waals surface area contributed by atoms with Gasteiger partial charge in [0.2, 0.25) is 5.76 Å². The zero-order valence-corrected chi connectivity index (χ0v) is 18.7. The minimum Gasteiger partial charge on any atom is -0.450 e. The van der Waals surface area contributed by atoms with E-state index in [1.807, 2.05) is 61.5 Å². The molecule has 0 spiro atoms. The molecule has 0 N–H and O–H groups in total. The number of carbonyl (C=O) groups excluding carboxylic acids is 1. The zero-order valence-electron chi connectivity index (χ0n) is 18.7. The molecule has 0 fully saturated rings. The maximum atomic E-state index is 13.7. The van der Waals surface area contributed by atoms with E-state index in [-0.39, 0.29) is 22.5 Å². The van der Waals surface area contributed by atoms with E-state index in [0.29, 0.717) is 16.5 Å². The van der Waals surface area contributed by atoms with Gasteiger partial charge < -0.3 is 4.42 Å². The first-order chi connectivity index (χ1) is 15.3. The highest BCUT2D eigenvalue weighted by molar-refractivity contribution is 6.10. The summed E-state index contributed by atoms with van der Waals surface area (Å²) in [6.07, 6.45) is 0. The van der Waals surface area contributed by atoms with Crippen LogP contribution in [0.15, 0.2) is 82.0 Å². The SMILES string of the molecule is Cc1ccc2oc3c(c(=O)c2c1)C(c1ccc(C(C)(C)C)cc1)N(c1ccccc1)C3=O. The van der Waals surface area contributed by atoms with Crippen LogP contribution < -0.4 is 10.3 Å². The standard InChI is InChI=1S/C28H25NO3/c1-17-10-15-22-21(16-17)25(30)23-24(18-11-13-19(14-12-18)28(2,3)4)29(27(31)26(23)32-22)20-8-6-5-7-9-20/h5-16,24H,1-4H3. The van der Waals surface area contributed by atoms with Crippen molar-refractivity contribution in [2.24, 2.45) is 0 Å². The molecule has 0 aliphatic carbocycles. The van der Waals surface area contributed by atoms with Crippen LogP contribution in [0.2, 0.25) is 0 Å². The number of rotatable bonds is 2. The second-order valence-corrected chi connectivity index (χ2v) is 9.46. The molecule has 0 saturated carbocycles. The van der Waals surface area contributed by atoms with Gasteiger partial charge in [-0.3, -0.25) is 14.5 Å². The van der Waals surface area contributed by atoms with Gasteiger partial charge in [0.1, 0.15) is 5.58 Å². The number of aryl methyl sites for hydroxylation is 1. The fourth-order valence-corrected chi connectivity index (χ4v) is 4.42. The minimum atomic E-state index is -0.546. The van der Waals surface area contributed by atoms with Crippen molar-refractivity contribution in [1.82, 2.24) is 0 Å². The van der Waals surface area contributed by atoms with E-state index in [4.69, 9.17) is 4.42 Å². The number of anilines is 1. The van der Waals surface area contributed by atoms with E-state index in [2.05, 4.69) is 32.9 Å². The fraction of sp³-hybridized carbons (Fsp3) is 0.214. The zero-order chi connectivity index (χ0) is 22.6. The summed E-state index contributed by atoms with van der Waals surface area (Å²) in [5.41, 5.74) is 4.47. The Morgan fingerprint density at radius 2 is 1.56 bits per heavy atom. The summed E-state index contributed by atoms with van der Waals surface area (Å²) in [5, 5.41) is 0.503. The van der Waals surface area contributed by atoms with E-state index in [1.54, 1.807) is 11.0 Å². The summed E-state index contributed by atoms with van der Waals surface area (Å²) >= 11 is 0. The molecule has 160 valence electrons. The monoisotopic (exact) mass is 423 g/mol. The molecule has 4 aromatic rings. The number of hydrogen-bond acceptors (Lipinski definition) is 3. The molecule has 3 aromatic carbocycles. The van der Waals surface area contributed by atoms with Crippen LogP contribution in [0.25, 0.3) is 11.0 Å². The topological polar surface area (TPSA) is 50.5 Å². The van der Waals surface area contributed by atoms with Gasteiger partial charge in [0.15, 0.2) is 5.43 Å². The van der Waals surface area contributed by atoms with E-state index < -0.39 is 6.04 Å². The van der Waals surface area contributed by atoms with E-state index >= 15 is 0 Å². The van der Waals surface area contributed by atoms with Gasteiger partial charge in [-0.15, -0.1) is 0 Å². The third-order valence-corrected chi connectivity index (χ3v) is 6.15. The third kappa shape index (κ3) is 3.14. The lowest BCUT2D eigenvalue weighted by molar-refractivity contribution is 0.0971. The fourth-order valence-electron chi connectivity index (χ4n) is 4.42. The summed E-state index contributed by atoms with van der Waals surface area (Å²) in [5.74, 6) is -0.171. The molecule has 1 aliphatic rings. The Morgan fingerprint density at radius 3 is 2.22 bits per heavy atom. The molecule has 1 amide bonds. The molecule has 1 atom stereocenters. The lowest BCUT2D eigenvalue weighted by atomic mass is 9.86. The molecule has 1 aromatic heterocycles. The predicted molar refractivity (Wildman–Crippen MR) is 127 cm³/mol. The average molecular weight is 424 g/mol. The maximum absolute atomic E-state index is 13.7. The number of carbonyl (C=O) groups is 1. The third-order valence-electron chi connectivity index (χ3n) is 6.15. The van der Waals surface area contributed by atoms with Crippen molar-refractivity contribution in [3.8, 4) is 0 Å². The molecule has 2 heterocycles. The van der Waals surface area contributed by atoms with Gasteiger partial charge in [0.25, 0.3) is 5.91 Å². The normalized spacial score (nSPS) is 15.9. The summed E-state index contributed by atoms with van der Waals surface area (Å²) in [6.45, 7) is 8.43. The van der Waals surface area contributed by atoms with Gasteiger partial charge in [0, 0.05) is 5.69 Å². The molecular formula is C28H25NO3. The number of amides is 1. The maximum Gasteiger partial charge on any atom is 0.295 e. The van der Waals surface area contributed by atoms with Crippen molar-refractivity contribution in [2.75, 3.05) is 4.90 Å². The molecule has 1 unspecified atom stereocenters. The van der Waals surface area contributed by atoms with Gasteiger partial charge in [-0.05, 0) is 47.7 Å². The highest BCUT2D eigenvalue weighted by Crippen LogP contribution is 2.41. The lowest BCUT2D eigenvalue weighted by Crippen LogP contribution is -2.29. The van der Waals surface area contributed by atoms with E-state index in [9.17, 15) is 9.59 Å². The van der Waals surface area contributed by atoms with Crippen LogP contribution in [0.5, 0.6) is 0 Å². The molecule has 0 saturated heterocycles. The molecule has 0 radical (unpaired) electrons. The van der Waals surface area contributed by atoms with Gasteiger partial charge >= 0.3 is 0 Å². The van der Waals surface area contributed by atoms with Crippen molar-refractivity contribution in [3.05, 3.63) is 111 Å². The predicted octanol–water partition coefficient (Wildman–Crippen LogP) is 6.15. The summed E-state index contributed by atoms with van der Waals surface area (Å²) < 4.78 is 6.04.